The van der Waals surface area contributed by atoms with Crippen LogP contribution in [0.15, 0.2) is 41.3 Å². The second-order valence-electron chi connectivity index (χ2n) is 6.30. The number of amides is 1. The number of carbonyl (C=O) groups excluding carboxylic acids is 1. The molecule has 0 aromatic heterocycles. The van der Waals surface area contributed by atoms with Crippen molar-refractivity contribution in [2.45, 2.75) is 37.8 Å². The van der Waals surface area contributed by atoms with E-state index < -0.39 is 37.6 Å². The molecule has 10 heteroatoms. The number of alkyl halides is 3. The molecular formula is C19H20ClF3N2O3S. The molecule has 0 saturated heterocycles. The highest BCUT2D eigenvalue weighted by atomic mass is 35.5. The van der Waals surface area contributed by atoms with Gasteiger partial charge in [0.1, 0.15) is 0 Å². The maximum absolute atomic E-state index is 12.9. The number of hydrogen-bond acceptors (Lipinski definition) is 3. The minimum atomic E-state index is -4.78. The number of hydrogen-bond donors (Lipinski definition) is 2. The van der Waals surface area contributed by atoms with E-state index in [1.54, 1.807) is 0 Å². The molecule has 0 aliphatic heterocycles. The molecule has 5 nitrogen and oxygen atoms in total. The van der Waals surface area contributed by atoms with Crippen molar-refractivity contribution in [1.29, 1.82) is 0 Å². The Hall–Kier alpha value is -2.10. The number of rotatable bonds is 7. The predicted octanol–water partition coefficient (Wildman–Crippen LogP) is 4.54. The van der Waals surface area contributed by atoms with Crippen molar-refractivity contribution < 1.29 is 26.4 Å². The number of benzene rings is 2. The number of halogens is 4. The third-order valence-electron chi connectivity index (χ3n) is 4.20. The van der Waals surface area contributed by atoms with Gasteiger partial charge in [-0.25, -0.2) is 13.1 Å². The molecule has 0 radical (unpaired) electrons. The number of sulfonamides is 1. The highest BCUT2D eigenvalue weighted by Gasteiger charge is 2.34. The van der Waals surface area contributed by atoms with Crippen molar-refractivity contribution in [3.8, 4) is 0 Å². The van der Waals surface area contributed by atoms with Gasteiger partial charge in [0, 0.05) is 18.7 Å². The lowest BCUT2D eigenvalue weighted by molar-refractivity contribution is -0.137. The molecule has 0 bridgehead atoms. The van der Waals surface area contributed by atoms with Crippen LogP contribution in [0.2, 0.25) is 5.02 Å². The highest BCUT2D eigenvalue weighted by molar-refractivity contribution is 7.89. The van der Waals surface area contributed by atoms with Gasteiger partial charge < -0.3 is 5.32 Å². The van der Waals surface area contributed by atoms with E-state index in [0.29, 0.717) is 18.2 Å². The maximum Gasteiger partial charge on any atom is 0.417 e. The van der Waals surface area contributed by atoms with Crippen molar-refractivity contribution >= 4 is 33.2 Å². The maximum atomic E-state index is 12.9. The van der Waals surface area contributed by atoms with Gasteiger partial charge in [0.05, 0.1) is 15.5 Å². The molecule has 0 spiro atoms. The summed E-state index contributed by atoms with van der Waals surface area (Å²) in [4.78, 5) is 11.6. The first-order valence-electron chi connectivity index (χ1n) is 8.70. The van der Waals surface area contributed by atoms with Gasteiger partial charge in [-0.05, 0) is 42.7 Å². The number of carbonyl (C=O) groups is 1. The summed E-state index contributed by atoms with van der Waals surface area (Å²) in [6, 6.07) is 7.90. The van der Waals surface area contributed by atoms with Gasteiger partial charge in [0.2, 0.25) is 15.9 Å². The van der Waals surface area contributed by atoms with E-state index in [4.69, 9.17) is 11.6 Å². The molecular weight excluding hydrogens is 429 g/mol. The molecule has 0 fully saturated rings. The average molecular weight is 449 g/mol. The van der Waals surface area contributed by atoms with Crippen LogP contribution in [-0.4, -0.2) is 20.9 Å². The Morgan fingerprint density at radius 1 is 1.17 bits per heavy atom. The molecule has 2 aromatic carbocycles. The third kappa shape index (κ3) is 5.94. The van der Waals surface area contributed by atoms with E-state index in [1.165, 1.54) is 0 Å². The molecule has 158 valence electrons. The number of anilines is 1. The zero-order chi connectivity index (χ0) is 21.8. The Labute approximate surface area is 172 Å². The molecule has 2 N–H and O–H groups in total. The van der Waals surface area contributed by atoms with Gasteiger partial charge in [-0.2, -0.15) is 13.2 Å². The summed E-state index contributed by atoms with van der Waals surface area (Å²) in [5.74, 6) is -0.413. The van der Waals surface area contributed by atoms with Crippen LogP contribution < -0.4 is 10.0 Å². The normalized spacial score (nSPS) is 12.1. The predicted molar refractivity (Wildman–Crippen MR) is 105 cm³/mol. The Kier molecular flexibility index (Phi) is 7.31. The van der Waals surface area contributed by atoms with E-state index in [2.05, 4.69) is 10.0 Å². The Morgan fingerprint density at radius 3 is 2.48 bits per heavy atom. The molecule has 0 unspecified atom stereocenters. The van der Waals surface area contributed by atoms with Crippen molar-refractivity contribution in [3.05, 3.63) is 58.1 Å². The van der Waals surface area contributed by atoms with Gasteiger partial charge in [-0.15, -0.1) is 0 Å². The summed E-state index contributed by atoms with van der Waals surface area (Å²) in [5.41, 5.74) is 1.25. The zero-order valence-electron chi connectivity index (χ0n) is 15.7. The Balaban J connectivity index is 2.04. The highest BCUT2D eigenvalue weighted by Crippen LogP contribution is 2.35. The third-order valence-corrected chi connectivity index (χ3v) is 5.99. The van der Waals surface area contributed by atoms with Crippen molar-refractivity contribution in [2.75, 3.05) is 11.9 Å². The van der Waals surface area contributed by atoms with E-state index in [9.17, 15) is 26.4 Å². The van der Waals surface area contributed by atoms with Crippen LogP contribution in [0.5, 0.6) is 0 Å². The summed E-state index contributed by atoms with van der Waals surface area (Å²) in [6.45, 7) is 3.52. The molecule has 0 heterocycles. The minimum absolute atomic E-state index is 0.184. The summed E-state index contributed by atoms with van der Waals surface area (Å²) in [5, 5.41) is 2.16. The fraction of sp³-hybridized carbons (Fsp3) is 0.316. The smallest absolute Gasteiger partial charge is 0.326 e. The Bertz CT molecular complexity index is 1010. The zero-order valence-corrected chi connectivity index (χ0v) is 17.3. The minimum Gasteiger partial charge on any atom is -0.326 e. The first-order chi connectivity index (χ1) is 13.5. The largest absolute Gasteiger partial charge is 0.417 e. The van der Waals surface area contributed by atoms with Gasteiger partial charge in [-0.3, -0.25) is 4.79 Å². The lowest BCUT2D eigenvalue weighted by Crippen LogP contribution is -2.28. The van der Waals surface area contributed by atoms with E-state index in [0.717, 1.165) is 23.3 Å². The number of nitrogens with one attached hydrogen (secondary N) is 2. The van der Waals surface area contributed by atoms with Crippen LogP contribution in [0, 0.1) is 6.92 Å². The summed E-state index contributed by atoms with van der Waals surface area (Å²) in [6.07, 6.45) is -4.26. The van der Waals surface area contributed by atoms with Crippen LogP contribution in [-0.2, 0) is 27.4 Å². The summed E-state index contributed by atoms with van der Waals surface area (Å²) < 4.78 is 65.4. The van der Waals surface area contributed by atoms with Gasteiger partial charge >= 0.3 is 6.18 Å². The molecule has 0 saturated carbocycles. The van der Waals surface area contributed by atoms with Gasteiger partial charge in [0.25, 0.3) is 0 Å². The number of aryl methyl sites for hydroxylation is 2. The fourth-order valence-electron chi connectivity index (χ4n) is 2.67. The van der Waals surface area contributed by atoms with Crippen LogP contribution in [0.4, 0.5) is 18.9 Å². The Morgan fingerprint density at radius 2 is 1.86 bits per heavy atom. The SMILES string of the molecule is CCc1cccc(C)c1NC(=O)CCNS(=O)(=O)c1ccc(Cl)c(C(F)(F)F)c1. The lowest BCUT2D eigenvalue weighted by Gasteiger charge is -2.14. The number of para-hydroxylation sites is 1. The molecule has 0 aliphatic rings. The van der Waals surface area contributed by atoms with E-state index >= 15 is 0 Å². The molecule has 29 heavy (non-hydrogen) atoms. The quantitative estimate of drug-likeness (QED) is 0.653. The van der Waals surface area contributed by atoms with Gasteiger partial charge in [-0.1, -0.05) is 36.7 Å². The van der Waals surface area contributed by atoms with Crippen LogP contribution in [0.1, 0.15) is 30.0 Å². The standard InChI is InChI=1S/C19H20ClF3N2O3S/c1-3-13-6-4-5-12(2)18(13)25-17(26)9-10-24-29(27,28)14-7-8-16(20)15(11-14)19(21,22)23/h4-8,11,24H,3,9-10H2,1-2H3,(H,25,26). The monoisotopic (exact) mass is 448 g/mol. The average Bonchev–Trinajstić information content (AvgIpc) is 2.62. The fourth-order valence-corrected chi connectivity index (χ4v) is 3.96. The van der Waals surface area contributed by atoms with Crippen molar-refractivity contribution in [3.63, 3.8) is 0 Å². The lowest BCUT2D eigenvalue weighted by atomic mass is 10.1. The second kappa shape index (κ2) is 9.15. The first-order valence-corrected chi connectivity index (χ1v) is 10.6. The molecule has 0 aliphatic carbocycles. The molecule has 1 amide bonds. The second-order valence-corrected chi connectivity index (χ2v) is 8.47. The van der Waals surface area contributed by atoms with Crippen molar-refractivity contribution in [1.82, 2.24) is 4.72 Å². The van der Waals surface area contributed by atoms with E-state index in [1.807, 2.05) is 32.0 Å². The molecule has 0 atom stereocenters. The van der Waals surface area contributed by atoms with E-state index in [-0.39, 0.29) is 13.0 Å². The van der Waals surface area contributed by atoms with Crippen molar-refractivity contribution in [2.24, 2.45) is 0 Å². The summed E-state index contributed by atoms with van der Waals surface area (Å²) >= 11 is 5.50. The molecule has 2 rings (SSSR count). The van der Waals surface area contributed by atoms with Gasteiger partial charge in [0.15, 0.2) is 0 Å². The first kappa shape index (κ1) is 23.2. The molecule has 2 aromatic rings. The van der Waals surface area contributed by atoms with Crippen LogP contribution >= 0.6 is 11.6 Å². The summed E-state index contributed by atoms with van der Waals surface area (Å²) in [7, 11) is -4.24. The van der Waals surface area contributed by atoms with Crippen LogP contribution in [0.25, 0.3) is 0 Å². The van der Waals surface area contributed by atoms with Crippen LogP contribution in [0.3, 0.4) is 0 Å². The topological polar surface area (TPSA) is 75.3 Å².